The molecule has 0 saturated heterocycles. The molecule has 0 radical (unpaired) electrons. The van der Waals surface area contributed by atoms with Gasteiger partial charge in [-0.2, -0.15) is 0 Å². The number of halogens is 2. The second-order valence-electron chi connectivity index (χ2n) is 6.25. The number of amides is 1. The summed E-state index contributed by atoms with van der Waals surface area (Å²) in [5.74, 6) is -1.74. The number of rotatable bonds is 5. The molecule has 5 nitrogen and oxygen atoms in total. The van der Waals surface area contributed by atoms with Crippen LogP contribution in [0.1, 0.15) is 32.4 Å². The van der Waals surface area contributed by atoms with Crippen molar-refractivity contribution in [2.75, 3.05) is 13.1 Å². The van der Waals surface area contributed by atoms with Gasteiger partial charge in [0.2, 0.25) is 0 Å². The van der Waals surface area contributed by atoms with Gasteiger partial charge in [-0.3, -0.25) is 0 Å². The molecule has 1 aromatic rings. The molecule has 22 heavy (non-hydrogen) atoms. The third-order valence-electron chi connectivity index (χ3n) is 3.38. The van der Waals surface area contributed by atoms with Crippen molar-refractivity contribution in [3.8, 4) is 0 Å². The van der Waals surface area contributed by atoms with Crippen molar-refractivity contribution in [1.82, 2.24) is 4.90 Å². The molecule has 0 fully saturated rings. The van der Waals surface area contributed by atoms with Gasteiger partial charge < -0.3 is 20.2 Å². The standard InChI is InChI=1S/C15H21F2NO4/c1-15(2,3)13(20)8-18(14(21)22)7-12(19)10-5-4-9(16)6-11(10)17/h4-6,12-13,19-20H,7-8H2,1-3H3,(H,21,22). The highest BCUT2D eigenvalue weighted by atomic mass is 19.1. The van der Waals surface area contributed by atoms with Crippen LogP contribution >= 0.6 is 0 Å². The molecule has 2 atom stereocenters. The summed E-state index contributed by atoms with van der Waals surface area (Å²) >= 11 is 0. The van der Waals surface area contributed by atoms with Gasteiger partial charge in [0.05, 0.1) is 25.3 Å². The molecule has 2 unspecified atom stereocenters. The quantitative estimate of drug-likeness (QED) is 0.779. The van der Waals surface area contributed by atoms with Crippen molar-refractivity contribution in [2.45, 2.75) is 33.0 Å². The number of aliphatic hydroxyl groups is 2. The average Bonchev–Trinajstić information content (AvgIpc) is 2.36. The van der Waals surface area contributed by atoms with Crippen LogP contribution in [0.15, 0.2) is 18.2 Å². The maximum Gasteiger partial charge on any atom is 0.407 e. The molecule has 1 rings (SSSR count). The molecule has 0 heterocycles. The van der Waals surface area contributed by atoms with Crippen molar-refractivity contribution in [2.24, 2.45) is 5.41 Å². The van der Waals surface area contributed by atoms with Gasteiger partial charge in [0.25, 0.3) is 0 Å². The number of carbonyl (C=O) groups is 1. The van der Waals surface area contributed by atoms with Crippen LogP contribution in [0.4, 0.5) is 13.6 Å². The summed E-state index contributed by atoms with van der Waals surface area (Å²) in [4.78, 5) is 12.0. The van der Waals surface area contributed by atoms with E-state index in [1.54, 1.807) is 20.8 Å². The van der Waals surface area contributed by atoms with Gasteiger partial charge in [-0.1, -0.05) is 26.8 Å². The zero-order valence-corrected chi connectivity index (χ0v) is 12.8. The van der Waals surface area contributed by atoms with Crippen LogP contribution in [0.2, 0.25) is 0 Å². The van der Waals surface area contributed by atoms with E-state index < -0.39 is 41.9 Å². The van der Waals surface area contributed by atoms with Gasteiger partial charge in [-0.05, 0) is 11.5 Å². The first-order valence-electron chi connectivity index (χ1n) is 6.81. The van der Waals surface area contributed by atoms with Crippen molar-refractivity contribution in [3.05, 3.63) is 35.4 Å². The Labute approximate surface area is 127 Å². The van der Waals surface area contributed by atoms with E-state index in [9.17, 15) is 23.8 Å². The summed E-state index contributed by atoms with van der Waals surface area (Å²) in [6, 6.07) is 2.67. The Kier molecular flexibility index (Phi) is 5.85. The Bertz CT molecular complexity index is 531. The fourth-order valence-electron chi connectivity index (χ4n) is 1.79. The van der Waals surface area contributed by atoms with Crippen LogP contribution in [0.5, 0.6) is 0 Å². The van der Waals surface area contributed by atoms with E-state index in [0.717, 1.165) is 17.0 Å². The van der Waals surface area contributed by atoms with Crippen LogP contribution < -0.4 is 0 Å². The molecule has 124 valence electrons. The maximum absolute atomic E-state index is 13.6. The molecule has 0 aliphatic carbocycles. The first-order valence-corrected chi connectivity index (χ1v) is 6.81. The second kappa shape index (κ2) is 7.02. The zero-order chi connectivity index (χ0) is 17.1. The first-order chi connectivity index (χ1) is 10.0. The van der Waals surface area contributed by atoms with Crippen molar-refractivity contribution < 1.29 is 28.9 Å². The van der Waals surface area contributed by atoms with Crippen LogP contribution in [0.25, 0.3) is 0 Å². The summed E-state index contributed by atoms with van der Waals surface area (Å²) in [6.07, 6.45) is -3.75. The van der Waals surface area contributed by atoms with E-state index in [1.165, 1.54) is 0 Å². The number of nitrogens with zero attached hydrogens (tertiary/aromatic N) is 1. The van der Waals surface area contributed by atoms with Gasteiger partial charge >= 0.3 is 6.09 Å². The maximum atomic E-state index is 13.6. The third kappa shape index (κ3) is 4.92. The number of aliphatic hydroxyl groups excluding tert-OH is 2. The third-order valence-corrected chi connectivity index (χ3v) is 3.38. The Morgan fingerprint density at radius 1 is 1.23 bits per heavy atom. The second-order valence-corrected chi connectivity index (χ2v) is 6.25. The van der Waals surface area contributed by atoms with Crippen LogP contribution in [0.3, 0.4) is 0 Å². The molecule has 1 amide bonds. The molecule has 0 aliphatic heterocycles. The number of carboxylic acid groups (broad SMARTS) is 1. The Morgan fingerprint density at radius 3 is 2.27 bits per heavy atom. The molecule has 0 aliphatic rings. The van der Waals surface area contributed by atoms with Crippen molar-refractivity contribution >= 4 is 6.09 Å². The monoisotopic (exact) mass is 317 g/mol. The number of hydrogen-bond acceptors (Lipinski definition) is 3. The number of hydrogen-bond donors (Lipinski definition) is 3. The fourth-order valence-corrected chi connectivity index (χ4v) is 1.79. The molecule has 1 aromatic carbocycles. The molecule has 0 bridgehead atoms. The predicted molar refractivity (Wildman–Crippen MR) is 76.4 cm³/mol. The Hall–Kier alpha value is -1.73. The lowest BCUT2D eigenvalue weighted by molar-refractivity contribution is 0.0165. The van der Waals surface area contributed by atoms with Gasteiger partial charge in [0, 0.05) is 11.6 Å². The first kappa shape index (κ1) is 18.3. The van der Waals surface area contributed by atoms with E-state index in [0.29, 0.717) is 6.07 Å². The van der Waals surface area contributed by atoms with E-state index in [1.807, 2.05) is 0 Å². The molecular weight excluding hydrogens is 296 g/mol. The summed E-state index contributed by atoms with van der Waals surface area (Å²) in [5.41, 5.74) is -0.738. The van der Waals surface area contributed by atoms with Crippen LogP contribution in [-0.2, 0) is 0 Å². The van der Waals surface area contributed by atoms with E-state index in [4.69, 9.17) is 5.11 Å². The van der Waals surface area contributed by atoms with E-state index in [2.05, 4.69) is 0 Å². The topological polar surface area (TPSA) is 81.0 Å². The van der Waals surface area contributed by atoms with Crippen molar-refractivity contribution in [1.29, 1.82) is 0 Å². The molecule has 0 saturated carbocycles. The average molecular weight is 317 g/mol. The minimum Gasteiger partial charge on any atom is -0.465 e. The van der Waals surface area contributed by atoms with Gasteiger partial charge in [-0.25, -0.2) is 13.6 Å². The van der Waals surface area contributed by atoms with E-state index >= 15 is 0 Å². The number of benzene rings is 1. The Morgan fingerprint density at radius 2 is 1.82 bits per heavy atom. The minimum absolute atomic E-state index is 0.196. The highest BCUT2D eigenvalue weighted by molar-refractivity contribution is 5.65. The highest BCUT2D eigenvalue weighted by Gasteiger charge is 2.28. The summed E-state index contributed by atoms with van der Waals surface area (Å²) < 4.78 is 26.4. The van der Waals surface area contributed by atoms with Gasteiger partial charge in [0.15, 0.2) is 0 Å². The van der Waals surface area contributed by atoms with Gasteiger partial charge in [0.1, 0.15) is 11.6 Å². The summed E-state index contributed by atoms with van der Waals surface area (Å²) in [6.45, 7) is 4.58. The molecular formula is C15H21F2NO4. The normalized spacial score (nSPS) is 14.5. The summed E-state index contributed by atoms with van der Waals surface area (Å²) in [5, 5.41) is 29.1. The largest absolute Gasteiger partial charge is 0.465 e. The fraction of sp³-hybridized carbons (Fsp3) is 0.533. The predicted octanol–water partition coefficient (Wildman–Crippen LogP) is 2.39. The molecule has 0 aromatic heterocycles. The summed E-state index contributed by atoms with van der Waals surface area (Å²) in [7, 11) is 0. The highest BCUT2D eigenvalue weighted by Crippen LogP contribution is 2.22. The minimum atomic E-state index is -1.45. The molecule has 3 N–H and O–H groups in total. The lowest BCUT2D eigenvalue weighted by atomic mass is 9.89. The SMILES string of the molecule is CC(C)(C)C(O)CN(CC(O)c1ccc(F)cc1F)C(=O)O. The molecule has 7 heteroatoms. The Balaban J connectivity index is 2.84. The lowest BCUT2D eigenvalue weighted by Gasteiger charge is -2.31. The van der Waals surface area contributed by atoms with Crippen LogP contribution in [0, 0.1) is 17.0 Å². The van der Waals surface area contributed by atoms with Crippen molar-refractivity contribution in [3.63, 3.8) is 0 Å². The van der Waals surface area contributed by atoms with Gasteiger partial charge in [-0.15, -0.1) is 0 Å². The zero-order valence-electron chi connectivity index (χ0n) is 12.8. The van der Waals surface area contributed by atoms with Crippen LogP contribution in [-0.4, -0.2) is 45.5 Å². The lowest BCUT2D eigenvalue weighted by Crippen LogP contribution is -2.43. The molecule has 0 spiro atoms. The van der Waals surface area contributed by atoms with E-state index in [-0.39, 0.29) is 12.1 Å². The smallest absolute Gasteiger partial charge is 0.407 e.